The van der Waals surface area contributed by atoms with E-state index in [9.17, 15) is 8.42 Å². The molecule has 0 aliphatic heterocycles. The second kappa shape index (κ2) is 5.27. The third-order valence-corrected chi connectivity index (χ3v) is 4.89. The molecule has 1 aromatic rings. The molecule has 4 nitrogen and oxygen atoms in total. The number of hydrogen-bond acceptors (Lipinski definition) is 3. The Labute approximate surface area is 104 Å². The van der Waals surface area contributed by atoms with Crippen molar-refractivity contribution in [1.29, 1.82) is 0 Å². The third kappa shape index (κ3) is 2.82. The predicted octanol–water partition coefficient (Wildman–Crippen LogP) is 1.45. The third-order valence-electron chi connectivity index (χ3n) is 2.38. The van der Waals surface area contributed by atoms with Gasteiger partial charge in [0.1, 0.15) is 0 Å². The molecule has 6 heteroatoms. The number of aliphatic hydroxyl groups excluding tert-OH is 1. The number of sulfonamides is 1. The highest BCUT2D eigenvalue weighted by Gasteiger charge is 2.24. The van der Waals surface area contributed by atoms with Crippen molar-refractivity contribution in [2.75, 3.05) is 13.7 Å². The van der Waals surface area contributed by atoms with Gasteiger partial charge in [-0.3, -0.25) is 0 Å². The van der Waals surface area contributed by atoms with Crippen LogP contribution in [0.5, 0.6) is 0 Å². The first kappa shape index (κ1) is 13.6. The molecule has 0 fully saturated rings. The number of rotatable bonds is 4. The summed E-state index contributed by atoms with van der Waals surface area (Å²) in [6.45, 7) is 1.45. The van der Waals surface area contributed by atoms with E-state index in [1.165, 1.54) is 19.2 Å². The molecule has 0 spiro atoms. The molecule has 16 heavy (non-hydrogen) atoms. The Morgan fingerprint density at radius 1 is 1.38 bits per heavy atom. The molecule has 1 N–H and O–H groups in total. The molecule has 1 unspecified atom stereocenters. The smallest absolute Gasteiger partial charge is 0.243 e. The lowest BCUT2D eigenvalue weighted by Crippen LogP contribution is -2.37. The van der Waals surface area contributed by atoms with Crippen LogP contribution in [-0.4, -0.2) is 37.5 Å². The highest BCUT2D eigenvalue weighted by Crippen LogP contribution is 2.19. The van der Waals surface area contributed by atoms with Gasteiger partial charge in [0, 0.05) is 17.6 Å². The van der Waals surface area contributed by atoms with Crippen molar-refractivity contribution in [3.63, 3.8) is 0 Å². The Morgan fingerprint density at radius 2 is 1.88 bits per heavy atom. The van der Waals surface area contributed by atoms with Crippen molar-refractivity contribution in [2.24, 2.45) is 0 Å². The summed E-state index contributed by atoms with van der Waals surface area (Å²) in [5, 5.41) is 8.95. The zero-order chi connectivity index (χ0) is 12.3. The average Bonchev–Trinajstić information content (AvgIpc) is 2.27. The lowest BCUT2D eigenvalue weighted by Gasteiger charge is -2.22. The molecule has 0 radical (unpaired) electrons. The minimum atomic E-state index is -3.51. The number of benzene rings is 1. The molecule has 0 aromatic heterocycles. The summed E-state index contributed by atoms with van der Waals surface area (Å²) in [6, 6.07) is 5.96. The predicted molar refractivity (Wildman–Crippen MR) is 65.6 cm³/mol. The monoisotopic (exact) mass is 307 g/mol. The van der Waals surface area contributed by atoms with Crippen molar-refractivity contribution >= 4 is 26.0 Å². The zero-order valence-electron chi connectivity index (χ0n) is 9.09. The molecule has 0 saturated carbocycles. The molecule has 0 saturated heterocycles. The van der Waals surface area contributed by atoms with Gasteiger partial charge in [-0.05, 0) is 31.2 Å². The minimum Gasteiger partial charge on any atom is -0.395 e. The largest absolute Gasteiger partial charge is 0.395 e. The van der Waals surface area contributed by atoms with Crippen LogP contribution >= 0.6 is 15.9 Å². The molecule has 0 bridgehead atoms. The van der Waals surface area contributed by atoms with E-state index in [0.717, 1.165) is 8.78 Å². The Hall–Kier alpha value is -0.430. The highest BCUT2D eigenvalue weighted by molar-refractivity contribution is 9.10. The maximum atomic E-state index is 12.0. The van der Waals surface area contributed by atoms with E-state index in [4.69, 9.17) is 5.11 Å². The fraction of sp³-hybridized carbons (Fsp3) is 0.400. The summed E-state index contributed by atoms with van der Waals surface area (Å²) < 4.78 is 26.1. The van der Waals surface area contributed by atoms with E-state index in [1.54, 1.807) is 19.1 Å². The number of nitrogens with zero attached hydrogens (tertiary/aromatic N) is 1. The van der Waals surface area contributed by atoms with Gasteiger partial charge in [-0.15, -0.1) is 0 Å². The van der Waals surface area contributed by atoms with E-state index in [0.29, 0.717) is 0 Å². The Kier molecular flexibility index (Phi) is 4.49. The van der Waals surface area contributed by atoms with Crippen LogP contribution in [0.4, 0.5) is 0 Å². The van der Waals surface area contributed by atoms with Gasteiger partial charge in [-0.25, -0.2) is 8.42 Å². The van der Waals surface area contributed by atoms with Gasteiger partial charge in [0.25, 0.3) is 0 Å². The lowest BCUT2D eigenvalue weighted by atomic mass is 10.4. The standard InChI is InChI=1S/C10H14BrNO3S/c1-8(7-13)12(2)16(14,15)10-5-3-9(11)4-6-10/h3-6,8,13H,7H2,1-2H3. The van der Waals surface area contributed by atoms with Crippen LogP contribution in [0.1, 0.15) is 6.92 Å². The van der Waals surface area contributed by atoms with Crippen LogP contribution < -0.4 is 0 Å². The van der Waals surface area contributed by atoms with Gasteiger partial charge in [0.15, 0.2) is 0 Å². The second-order valence-corrected chi connectivity index (χ2v) is 6.42. The van der Waals surface area contributed by atoms with Crippen LogP contribution in [0.3, 0.4) is 0 Å². The summed E-state index contributed by atoms with van der Waals surface area (Å²) >= 11 is 3.24. The molecule has 0 aliphatic rings. The van der Waals surface area contributed by atoms with Crippen molar-refractivity contribution in [2.45, 2.75) is 17.9 Å². The summed E-state index contributed by atoms with van der Waals surface area (Å²) in [6.07, 6.45) is 0. The van der Waals surface area contributed by atoms with Crippen LogP contribution in [0, 0.1) is 0 Å². The van der Waals surface area contributed by atoms with Crippen molar-refractivity contribution in [3.8, 4) is 0 Å². The van der Waals surface area contributed by atoms with Gasteiger partial charge < -0.3 is 5.11 Å². The Morgan fingerprint density at radius 3 is 2.31 bits per heavy atom. The highest BCUT2D eigenvalue weighted by atomic mass is 79.9. The molecule has 1 aromatic carbocycles. The van der Waals surface area contributed by atoms with Crippen LogP contribution in [0.2, 0.25) is 0 Å². The van der Waals surface area contributed by atoms with Gasteiger partial charge in [-0.2, -0.15) is 4.31 Å². The maximum absolute atomic E-state index is 12.0. The molecule has 1 atom stereocenters. The van der Waals surface area contributed by atoms with E-state index in [1.807, 2.05) is 0 Å². The van der Waals surface area contributed by atoms with Crippen molar-refractivity contribution in [3.05, 3.63) is 28.7 Å². The number of aliphatic hydroxyl groups is 1. The summed E-state index contributed by atoms with van der Waals surface area (Å²) in [5.41, 5.74) is 0. The SMILES string of the molecule is CC(CO)N(C)S(=O)(=O)c1ccc(Br)cc1. The molecule has 0 heterocycles. The minimum absolute atomic E-state index is 0.202. The molecular weight excluding hydrogens is 294 g/mol. The first-order valence-corrected chi connectivity index (χ1v) is 6.97. The van der Waals surface area contributed by atoms with Crippen LogP contribution in [0.25, 0.3) is 0 Å². The topological polar surface area (TPSA) is 57.6 Å². The van der Waals surface area contributed by atoms with E-state index < -0.39 is 16.1 Å². The van der Waals surface area contributed by atoms with E-state index in [2.05, 4.69) is 15.9 Å². The number of hydrogen-bond donors (Lipinski definition) is 1. The Balaban J connectivity index is 3.07. The second-order valence-electron chi connectivity index (χ2n) is 3.51. The first-order chi connectivity index (χ1) is 7.39. The summed E-state index contributed by atoms with van der Waals surface area (Å²) in [7, 11) is -2.06. The first-order valence-electron chi connectivity index (χ1n) is 4.74. The van der Waals surface area contributed by atoms with E-state index in [-0.39, 0.29) is 11.5 Å². The van der Waals surface area contributed by atoms with Crippen molar-refractivity contribution in [1.82, 2.24) is 4.31 Å². The van der Waals surface area contributed by atoms with Gasteiger partial charge in [0.2, 0.25) is 10.0 Å². The zero-order valence-corrected chi connectivity index (χ0v) is 11.5. The lowest BCUT2D eigenvalue weighted by molar-refractivity contribution is 0.214. The normalized spacial score (nSPS) is 14.1. The molecule has 0 amide bonds. The summed E-state index contributed by atoms with van der Waals surface area (Å²) in [4.78, 5) is 0.221. The number of likely N-dealkylation sites (N-methyl/N-ethyl adjacent to an activating group) is 1. The van der Waals surface area contributed by atoms with Gasteiger partial charge in [0.05, 0.1) is 11.5 Å². The Bertz CT molecular complexity index is 444. The van der Waals surface area contributed by atoms with E-state index >= 15 is 0 Å². The average molecular weight is 308 g/mol. The molecule has 90 valence electrons. The molecular formula is C10H14BrNO3S. The van der Waals surface area contributed by atoms with Crippen LogP contribution in [-0.2, 0) is 10.0 Å². The molecule has 1 rings (SSSR count). The van der Waals surface area contributed by atoms with Gasteiger partial charge in [-0.1, -0.05) is 15.9 Å². The van der Waals surface area contributed by atoms with Crippen molar-refractivity contribution < 1.29 is 13.5 Å². The maximum Gasteiger partial charge on any atom is 0.243 e. The molecule has 0 aliphatic carbocycles. The fourth-order valence-electron chi connectivity index (χ4n) is 1.12. The van der Waals surface area contributed by atoms with Crippen LogP contribution in [0.15, 0.2) is 33.6 Å². The quantitative estimate of drug-likeness (QED) is 0.916. The van der Waals surface area contributed by atoms with Gasteiger partial charge >= 0.3 is 0 Å². The number of halogens is 1. The summed E-state index contributed by atoms with van der Waals surface area (Å²) in [5.74, 6) is 0. The fourth-order valence-corrected chi connectivity index (χ4v) is 2.74.